The van der Waals surface area contributed by atoms with Gasteiger partial charge in [-0.3, -0.25) is 0 Å². The lowest BCUT2D eigenvalue weighted by Gasteiger charge is -2.26. The van der Waals surface area contributed by atoms with Gasteiger partial charge in [0.05, 0.1) is 0 Å². The second-order valence-electron chi connectivity index (χ2n) is 5.10. The van der Waals surface area contributed by atoms with E-state index in [4.69, 9.17) is 0 Å². The number of nitrogens with one attached hydrogen (secondary N) is 2. The highest BCUT2D eigenvalue weighted by Gasteiger charge is 2.27. The lowest BCUT2D eigenvalue weighted by atomic mass is 10.3. The number of piperazine rings is 1. The maximum atomic E-state index is 4.53. The molecule has 100 valence electrons. The summed E-state index contributed by atoms with van der Waals surface area (Å²) >= 11 is 1.51. The van der Waals surface area contributed by atoms with E-state index in [0.29, 0.717) is 5.92 Å². The molecule has 2 aliphatic rings. The van der Waals surface area contributed by atoms with Crippen molar-refractivity contribution in [1.82, 2.24) is 19.6 Å². The minimum atomic E-state index is 0.664. The molecule has 0 amide bonds. The summed E-state index contributed by atoms with van der Waals surface area (Å²) in [5.41, 5.74) is 0. The molecule has 0 atom stereocenters. The maximum Gasteiger partial charge on any atom is 0.202 e. The van der Waals surface area contributed by atoms with Crippen molar-refractivity contribution in [2.24, 2.45) is 0 Å². The highest BCUT2D eigenvalue weighted by atomic mass is 32.1. The first-order valence-electron chi connectivity index (χ1n) is 6.92. The van der Waals surface area contributed by atoms with Crippen molar-refractivity contribution in [2.45, 2.75) is 25.2 Å². The van der Waals surface area contributed by atoms with Crippen molar-refractivity contribution in [3.8, 4) is 0 Å². The summed E-state index contributed by atoms with van der Waals surface area (Å²) in [6, 6.07) is 0. The predicted molar refractivity (Wildman–Crippen MR) is 74.3 cm³/mol. The summed E-state index contributed by atoms with van der Waals surface area (Å²) in [6.07, 6.45) is 3.73. The van der Waals surface area contributed by atoms with Crippen LogP contribution < -0.4 is 10.6 Å². The Labute approximate surface area is 112 Å². The Bertz CT molecular complexity index is 370. The third-order valence-corrected chi connectivity index (χ3v) is 4.21. The Morgan fingerprint density at radius 3 is 2.94 bits per heavy atom. The van der Waals surface area contributed by atoms with Crippen molar-refractivity contribution < 1.29 is 0 Å². The van der Waals surface area contributed by atoms with Gasteiger partial charge in [-0.25, -0.2) is 4.98 Å². The van der Waals surface area contributed by atoms with Gasteiger partial charge in [-0.1, -0.05) is 0 Å². The molecule has 2 heterocycles. The van der Waals surface area contributed by atoms with Gasteiger partial charge in [0.25, 0.3) is 0 Å². The van der Waals surface area contributed by atoms with Crippen LogP contribution >= 0.6 is 11.5 Å². The van der Waals surface area contributed by atoms with E-state index in [1.807, 2.05) is 0 Å². The fraction of sp³-hybridized carbons (Fsp3) is 0.833. The van der Waals surface area contributed by atoms with Crippen molar-refractivity contribution in [3.05, 3.63) is 5.82 Å². The van der Waals surface area contributed by atoms with Gasteiger partial charge >= 0.3 is 0 Å². The fourth-order valence-electron chi connectivity index (χ4n) is 2.25. The first kappa shape index (κ1) is 12.3. The molecule has 2 N–H and O–H groups in total. The zero-order chi connectivity index (χ0) is 12.2. The van der Waals surface area contributed by atoms with E-state index in [9.17, 15) is 0 Å². The number of hydrogen-bond donors (Lipinski definition) is 2. The van der Waals surface area contributed by atoms with Crippen molar-refractivity contribution in [3.63, 3.8) is 0 Å². The SMILES string of the molecule is C(CNc1nc(C2CC2)ns1)CN1CCNCC1. The Morgan fingerprint density at radius 2 is 2.17 bits per heavy atom. The van der Waals surface area contributed by atoms with Crippen LogP contribution in [0, 0.1) is 0 Å². The van der Waals surface area contributed by atoms with E-state index >= 15 is 0 Å². The molecule has 18 heavy (non-hydrogen) atoms. The minimum absolute atomic E-state index is 0.664. The van der Waals surface area contributed by atoms with E-state index < -0.39 is 0 Å². The molecule has 5 nitrogen and oxygen atoms in total. The number of anilines is 1. The maximum absolute atomic E-state index is 4.53. The van der Waals surface area contributed by atoms with Gasteiger partial charge in [-0.05, 0) is 25.8 Å². The smallest absolute Gasteiger partial charge is 0.202 e. The molecule has 2 fully saturated rings. The van der Waals surface area contributed by atoms with Gasteiger partial charge in [-0.15, -0.1) is 0 Å². The molecular weight excluding hydrogens is 246 g/mol. The van der Waals surface area contributed by atoms with Crippen LogP contribution in [0.2, 0.25) is 0 Å². The summed E-state index contributed by atoms with van der Waals surface area (Å²) in [5.74, 6) is 1.72. The average Bonchev–Trinajstić information content (AvgIpc) is 3.16. The summed E-state index contributed by atoms with van der Waals surface area (Å²) in [6.45, 7) is 6.82. The van der Waals surface area contributed by atoms with Crippen LogP contribution in [0.15, 0.2) is 0 Å². The second-order valence-corrected chi connectivity index (χ2v) is 5.86. The fourth-order valence-corrected chi connectivity index (χ4v) is 2.92. The summed E-state index contributed by atoms with van der Waals surface area (Å²) in [7, 11) is 0. The molecule has 0 unspecified atom stereocenters. The van der Waals surface area contributed by atoms with Gasteiger partial charge in [0, 0.05) is 50.2 Å². The third kappa shape index (κ3) is 3.40. The zero-order valence-electron chi connectivity index (χ0n) is 10.7. The zero-order valence-corrected chi connectivity index (χ0v) is 11.5. The number of rotatable bonds is 6. The number of nitrogens with zero attached hydrogens (tertiary/aromatic N) is 3. The number of aromatic nitrogens is 2. The van der Waals surface area contributed by atoms with Gasteiger partial charge in [0.2, 0.25) is 5.13 Å². The van der Waals surface area contributed by atoms with Crippen LogP contribution in [-0.4, -0.2) is 53.5 Å². The normalized spacial score (nSPS) is 21.1. The molecule has 1 saturated carbocycles. The van der Waals surface area contributed by atoms with Crippen LogP contribution in [0.3, 0.4) is 0 Å². The van der Waals surface area contributed by atoms with E-state index in [1.54, 1.807) is 0 Å². The molecule has 1 aromatic heterocycles. The number of hydrogen-bond acceptors (Lipinski definition) is 6. The molecule has 1 aromatic rings. The van der Waals surface area contributed by atoms with E-state index in [2.05, 4.69) is 24.9 Å². The molecule has 6 heteroatoms. The monoisotopic (exact) mass is 267 g/mol. The standard InChI is InChI=1S/C12H21N5S/c1(7-17-8-5-13-6-9-17)4-14-12-15-11(16-18-12)10-2-3-10/h10,13H,1-9H2,(H,14,15,16). The third-order valence-electron chi connectivity index (χ3n) is 3.52. The Balaban J connectivity index is 1.33. The van der Waals surface area contributed by atoms with Gasteiger partial charge in [0.1, 0.15) is 5.82 Å². The van der Waals surface area contributed by atoms with Crippen LogP contribution in [0.1, 0.15) is 31.0 Å². The van der Waals surface area contributed by atoms with Crippen LogP contribution in [-0.2, 0) is 0 Å². The lowest BCUT2D eigenvalue weighted by Crippen LogP contribution is -2.44. The summed E-state index contributed by atoms with van der Waals surface area (Å²) in [4.78, 5) is 7.05. The van der Waals surface area contributed by atoms with Gasteiger partial charge in [-0.2, -0.15) is 4.37 Å². The van der Waals surface area contributed by atoms with Gasteiger partial charge < -0.3 is 15.5 Å². The van der Waals surface area contributed by atoms with Crippen molar-refractivity contribution in [2.75, 3.05) is 44.6 Å². The highest BCUT2D eigenvalue weighted by molar-refractivity contribution is 7.09. The highest BCUT2D eigenvalue weighted by Crippen LogP contribution is 2.39. The topological polar surface area (TPSA) is 53.1 Å². The van der Waals surface area contributed by atoms with E-state index in [0.717, 1.165) is 30.6 Å². The molecule has 0 aromatic carbocycles. The molecule has 1 saturated heterocycles. The molecule has 1 aliphatic heterocycles. The van der Waals surface area contributed by atoms with Gasteiger partial charge in [0.15, 0.2) is 0 Å². The molecule has 1 aliphatic carbocycles. The van der Waals surface area contributed by atoms with Crippen molar-refractivity contribution in [1.29, 1.82) is 0 Å². The first-order valence-corrected chi connectivity index (χ1v) is 7.70. The van der Waals surface area contributed by atoms with Crippen molar-refractivity contribution >= 4 is 16.7 Å². The molecular formula is C12H21N5S. The largest absolute Gasteiger partial charge is 0.360 e. The molecule has 0 radical (unpaired) electrons. The van der Waals surface area contributed by atoms with Crippen LogP contribution in [0.5, 0.6) is 0 Å². The Kier molecular flexibility index (Phi) is 4.07. The average molecular weight is 267 g/mol. The first-order chi connectivity index (χ1) is 8.92. The van der Waals surface area contributed by atoms with E-state index in [1.165, 1.54) is 50.4 Å². The van der Waals surface area contributed by atoms with Crippen LogP contribution in [0.25, 0.3) is 0 Å². The lowest BCUT2D eigenvalue weighted by molar-refractivity contribution is 0.240. The summed E-state index contributed by atoms with van der Waals surface area (Å²) < 4.78 is 4.40. The molecule has 0 bridgehead atoms. The Morgan fingerprint density at radius 1 is 1.33 bits per heavy atom. The Hall–Kier alpha value is -0.720. The second kappa shape index (κ2) is 5.95. The predicted octanol–water partition coefficient (Wildman–Crippen LogP) is 1.12. The minimum Gasteiger partial charge on any atom is -0.360 e. The molecule has 3 rings (SSSR count). The summed E-state index contributed by atoms with van der Waals surface area (Å²) in [5, 5.41) is 7.76. The quantitative estimate of drug-likeness (QED) is 0.757. The van der Waals surface area contributed by atoms with Crippen LogP contribution in [0.4, 0.5) is 5.13 Å². The molecule has 0 spiro atoms. The van der Waals surface area contributed by atoms with E-state index in [-0.39, 0.29) is 0 Å².